The first-order valence-electron chi connectivity index (χ1n) is 6.20. The Morgan fingerprint density at radius 2 is 1.95 bits per heavy atom. The molecule has 0 aliphatic rings. The van der Waals surface area contributed by atoms with Crippen molar-refractivity contribution in [2.45, 2.75) is 13.5 Å². The van der Waals surface area contributed by atoms with E-state index in [9.17, 15) is 4.79 Å². The van der Waals surface area contributed by atoms with Crippen molar-refractivity contribution in [1.29, 1.82) is 0 Å². The van der Waals surface area contributed by atoms with Gasteiger partial charge in [0.1, 0.15) is 5.75 Å². The van der Waals surface area contributed by atoms with E-state index in [1.807, 2.05) is 45.3 Å². The highest BCUT2D eigenvalue weighted by atomic mass is 32.1. The first kappa shape index (κ1) is 13.8. The van der Waals surface area contributed by atoms with Gasteiger partial charge >= 0.3 is 4.87 Å². The van der Waals surface area contributed by atoms with Gasteiger partial charge in [-0.1, -0.05) is 11.3 Å². The fourth-order valence-corrected chi connectivity index (χ4v) is 2.85. The molecule has 0 atom stereocenters. The molecule has 1 aromatic carbocycles. The summed E-state index contributed by atoms with van der Waals surface area (Å²) < 4.78 is 5.42. The molecular formula is C14H18N2O2S. The van der Waals surface area contributed by atoms with Crippen LogP contribution in [0.1, 0.15) is 11.8 Å². The molecule has 2 rings (SSSR count). The number of nitrogens with one attached hydrogen (secondary N) is 1. The van der Waals surface area contributed by atoms with E-state index in [1.54, 1.807) is 0 Å². The summed E-state index contributed by atoms with van der Waals surface area (Å²) in [7, 11) is 3.98. The number of aromatic nitrogens is 1. The molecule has 0 unspecified atom stereocenters. The van der Waals surface area contributed by atoms with Crippen LogP contribution in [0.2, 0.25) is 0 Å². The molecule has 0 fully saturated rings. The Kier molecular flexibility index (Phi) is 4.39. The minimum Gasteiger partial charge on any atom is -0.494 e. The number of hydrogen-bond donors (Lipinski definition) is 1. The van der Waals surface area contributed by atoms with Crippen LogP contribution in [-0.2, 0) is 6.54 Å². The lowest BCUT2D eigenvalue weighted by Crippen LogP contribution is -2.10. The quantitative estimate of drug-likeness (QED) is 0.914. The number of H-pyrrole nitrogens is 1. The number of aromatic amines is 1. The number of hydrogen-bond acceptors (Lipinski definition) is 4. The maximum Gasteiger partial charge on any atom is 0.305 e. The number of benzene rings is 1. The third kappa shape index (κ3) is 3.45. The van der Waals surface area contributed by atoms with Crippen molar-refractivity contribution in [3.8, 4) is 17.0 Å². The van der Waals surface area contributed by atoms with Crippen molar-refractivity contribution in [3.63, 3.8) is 0 Å². The van der Waals surface area contributed by atoms with Crippen LogP contribution >= 0.6 is 11.3 Å². The number of rotatable bonds is 5. The van der Waals surface area contributed by atoms with E-state index in [4.69, 9.17) is 4.74 Å². The lowest BCUT2D eigenvalue weighted by Gasteiger charge is -2.10. The molecule has 19 heavy (non-hydrogen) atoms. The van der Waals surface area contributed by atoms with Gasteiger partial charge in [0, 0.05) is 11.4 Å². The minimum absolute atomic E-state index is 0.0132. The van der Waals surface area contributed by atoms with E-state index in [-0.39, 0.29) is 4.87 Å². The molecule has 0 aliphatic carbocycles. The molecule has 1 heterocycles. The van der Waals surface area contributed by atoms with Gasteiger partial charge in [0.05, 0.1) is 12.3 Å². The molecule has 1 N–H and O–H groups in total. The van der Waals surface area contributed by atoms with Crippen LogP contribution in [0, 0.1) is 0 Å². The van der Waals surface area contributed by atoms with Crippen molar-refractivity contribution >= 4 is 11.3 Å². The van der Waals surface area contributed by atoms with Crippen LogP contribution in [0.5, 0.6) is 5.75 Å². The predicted molar refractivity (Wildman–Crippen MR) is 78.9 cm³/mol. The third-order valence-corrected chi connectivity index (χ3v) is 3.50. The van der Waals surface area contributed by atoms with Crippen LogP contribution in [0.3, 0.4) is 0 Å². The number of ether oxygens (including phenoxy) is 1. The molecule has 0 saturated heterocycles. The summed E-state index contributed by atoms with van der Waals surface area (Å²) in [5, 5.41) is 0. The molecule has 102 valence electrons. The van der Waals surface area contributed by atoms with Gasteiger partial charge in [-0.25, -0.2) is 0 Å². The summed E-state index contributed by atoms with van der Waals surface area (Å²) in [5.74, 6) is 0.845. The second-order valence-electron chi connectivity index (χ2n) is 4.51. The van der Waals surface area contributed by atoms with Gasteiger partial charge in [-0.3, -0.25) is 4.79 Å². The summed E-state index contributed by atoms with van der Waals surface area (Å²) >= 11 is 1.27. The Bertz CT molecular complexity index is 584. The molecule has 0 aliphatic heterocycles. The second kappa shape index (κ2) is 6.04. The van der Waals surface area contributed by atoms with Crippen LogP contribution in [0.4, 0.5) is 0 Å². The van der Waals surface area contributed by atoms with Gasteiger partial charge in [-0.2, -0.15) is 0 Å². The summed E-state index contributed by atoms with van der Waals surface area (Å²) in [6.07, 6.45) is 0. The first-order valence-corrected chi connectivity index (χ1v) is 7.01. The van der Waals surface area contributed by atoms with Crippen LogP contribution < -0.4 is 9.61 Å². The Labute approximate surface area is 116 Å². The average Bonchev–Trinajstić information content (AvgIpc) is 2.71. The highest BCUT2D eigenvalue weighted by Gasteiger charge is 2.11. The Morgan fingerprint density at radius 1 is 1.26 bits per heavy atom. The summed E-state index contributed by atoms with van der Waals surface area (Å²) in [5.41, 5.74) is 1.92. The highest BCUT2D eigenvalue weighted by molar-refractivity contribution is 7.09. The van der Waals surface area contributed by atoms with Gasteiger partial charge in [0.2, 0.25) is 0 Å². The molecule has 0 radical (unpaired) electrons. The Balaban J connectivity index is 2.32. The minimum atomic E-state index is -0.0132. The second-order valence-corrected chi connectivity index (χ2v) is 5.58. The first-order chi connectivity index (χ1) is 9.10. The fourth-order valence-electron chi connectivity index (χ4n) is 1.88. The fraction of sp³-hybridized carbons (Fsp3) is 0.357. The summed E-state index contributed by atoms with van der Waals surface area (Å²) in [4.78, 5) is 17.6. The zero-order valence-electron chi connectivity index (χ0n) is 11.4. The number of nitrogens with zero attached hydrogens (tertiary/aromatic N) is 1. The monoisotopic (exact) mass is 278 g/mol. The molecule has 0 saturated carbocycles. The van der Waals surface area contributed by atoms with Crippen LogP contribution in [0.25, 0.3) is 11.3 Å². The molecule has 0 amide bonds. The van der Waals surface area contributed by atoms with Crippen molar-refractivity contribution < 1.29 is 4.74 Å². The number of thiazole rings is 1. The van der Waals surface area contributed by atoms with Gasteiger partial charge in [0.15, 0.2) is 0 Å². The van der Waals surface area contributed by atoms with E-state index >= 15 is 0 Å². The van der Waals surface area contributed by atoms with Crippen LogP contribution in [-0.4, -0.2) is 30.6 Å². The van der Waals surface area contributed by atoms with E-state index in [0.717, 1.165) is 28.4 Å². The zero-order valence-corrected chi connectivity index (χ0v) is 12.2. The lowest BCUT2D eigenvalue weighted by atomic mass is 10.1. The summed E-state index contributed by atoms with van der Waals surface area (Å²) in [6, 6.07) is 7.80. The molecule has 0 spiro atoms. The smallest absolute Gasteiger partial charge is 0.305 e. The Hall–Kier alpha value is -1.59. The zero-order chi connectivity index (χ0) is 13.8. The largest absolute Gasteiger partial charge is 0.494 e. The Morgan fingerprint density at radius 3 is 2.53 bits per heavy atom. The molecule has 5 heteroatoms. The molecule has 4 nitrogen and oxygen atoms in total. The van der Waals surface area contributed by atoms with Crippen molar-refractivity contribution in [3.05, 3.63) is 38.8 Å². The van der Waals surface area contributed by atoms with Crippen molar-refractivity contribution in [1.82, 2.24) is 9.88 Å². The van der Waals surface area contributed by atoms with Crippen molar-refractivity contribution in [2.24, 2.45) is 0 Å². The van der Waals surface area contributed by atoms with E-state index in [2.05, 4.69) is 9.88 Å². The maximum atomic E-state index is 11.6. The molecule has 0 bridgehead atoms. The standard InChI is InChI=1S/C14H18N2O2S/c1-4-18-11-7-5-10(6-8-11)13-12(9-16(2)3)19-14(17)15-13/h5-8H,4,9H2,1-3H3,(H,15,17). The van der Waals surface area contributed by atoms with Gasteiger partial charge in [0.25, 0.3) is 0 Å². The van der Waals surface area contributed by atoms with Crippen molar-refractivity contribution in [2.75, 3.05) is 20.7 Å². The topological polar surface area (TPSA) is 45.3 Å². The highest BCUT2D eigenvalue weighted by Crippen LogP contribution is 2.26. The van der Waals surface area contributed by atoms with E-state index < -0.39 is 0 Å². The molecular weight excluding hydrogens is 260 g/mol. The maximum absolute atomic E-state index is 11.6. The van der Waals surface area contributed by atoms with Gasteiger partial charge in [-0.15, -0.1) is 0 Å². The molecule has 1 aromatic heterocycles. The van der Waals surface area contributed by atoms with Crippen LogP contribution in [0.15, 0.2) is 29.1 Å². The molecule has 2 aromatic rings. The van der Waals surface area contributed by atoms with Gasteiger partial charge < -0.3 is 14.6 Å². The van der Waals surface area contributed by atoms with E-state index in [1.165, 1.54) is 11.3 Å². The van der Waals surface area contributed by atoms with Gasteiger partial charge in [-0.05, 0) is 50.8 Å². The third-order valence-electron chi connectivity index (χ3n) is 2.64. The lowest BCUT2D eigenvalue weighted by molar-refractivity contribution is 0.340. The predicted octanol–water partition coefficient (Wildman–Crippen LogP) is 2.56. The SMILES string of the molecule is CCOc1ccc(-c2[nH]c(=O)sc2CN(C)C)cc1. The average molecular weight is 278 g/mol. The normalized spacial score (nSPS) is 10.9. The van der Waals surface area contributed by atoms with E-state index in [0.29, 0.717) is 6.61 Å². The summed E-state index contributed by atoms with van der Waals surface area (Å²) in [6.45, 7) is 3.37.